The molecule has 0 bridgehead atoms. The first-order valence-electron chi connectivity index (χ1n) is 4.99. The van der Waals surface area contributed by atoms with Gasteiger partial charge in [0, 0.05) is 18.6 Å². The first kappa shape index (κ1) is 13.9. The summed E-state index contributed by atoms with van der Waals surface area (Å²) in [5, 5.41) is 0. The fourth-order valence-electron chi connectivity index (χ4n) is 1.46. The summed E-state index contributed by atoms with van der Waals surface area (Å²) < 4.78 is 24.6. The maximum Gasteiger partial charge on any atom is 0.211 e. The summed E-state index contributed by atoms with van der Waals surface area (Å²) in [6, 6.07) is 0. The van der Waals surface area contributed by atoms with Gasteiger partial charge in [0.05, 0.1) is 6.26 Å². The smallest absolute Gasteiger partial charge is 0.211 e. The number of sulfonamides is 1. The van der Waals surface area contributed by atoms with Gasteiger partial charge in [-0.15, -0.1) is 0 Å². The molecule has 0 heterocycles. The van der Waals surface area contributed by atoms with Crippen LogP contribution in [0, 0.1) is 0 Å². The van der Waals surface area contributed by atoms with Crippen molar-refractivity contribution in [3.8, 4) is 0 Å². The van der Waals surface area contributed by atoms with E-state index in [2.05, 4.69) is 0 Å². The third kappa shape index (κ3) is 3.22. The molecule has 0 aliphatic carbocycles. The van der Waals surface area contributed by atoms with Gasteiger partial charge in [-0.1, -0.05) is 13.8 Å². The second-order valence-corrected chi connectivity index (χ2v) is 5.80. The van der Waals surface area contributed by atoms with Crippen molar-refractivity contribution >= 4 is 10.0 Å². The molecule has 0 radical (unpaired) electrons. The topological polar surface area (TPSA) is 63.4 Å². The lowest BCUT2D eigenvalue weighted by Crippen LogP contribution is -2.53. The van der Waals surface area contributed by atoms with Crippen molar-refractivity contribution in [2.45, 2.75) is 39.2 Å². The number of hydrogen-bond donors (Lipinski definition) is 1. The Morgan fingerprint density at radius 2 is 1.86 bits per heavy atom. The Kier molecular flexibility index (Phi) is 5.05. The highest BCUT2D eigenvalue weighted by atomic mass is 32.2. The van der Waals surface area contributed by atoms with Crippen LogP contribution < -0.4 is 5.73 Å². The van der Waals surface area contributed by atoms with E-state index in [-0.39, 0.29) is 0 Å². The Morgan fingerprint density at radius 1 is 1.36 bits per heavy atom. The fraction of sp³-hybridized carbons (Fsp3) is 1.00. The molecule has 0 rings (SSSR count). The van der Waals surface area contributed by atoms with Crippen LogP contribution in [-0.2, 0) is 10.0 Å². The van der Waals surface area contributed by atoms with Gasteiger partial charge in [-0.25, -0.2) is 8.42 Å². The van der Waals surface area contributed by atoms with Gasteiger partial charge < -0.3 is 5.73 Å². The molecule has 1 unspecified atom stereocenters. The first-order chi connectivity index (χ1) is 6.31. The molecule has 0 saturated heterocycles. The molecule has 0 aromatic heterocycles. The zero-order valence-corrected chi connectivity index (χ0v) is 10.4. The summed E-state index contributed by atoms with van der Waals surface area (Å²) in [4.78, 5) is 0. The summed E-state index contributed by atoms with van der Waals surface area (Å²) in [6.07, 6.45) is 2.78. The minimum absolute atomic E-state index is 0.358. The van der Waals surface area contributed by atoms with Crippen LogP contribution in [0.4, 0.5) is 0 Å². The standard InChI is InChI=1S/C9H22N2O2S/c1-5-7-11(14(4,12)13)9(3,6-2)8-10/h5-8,10H2,1-4H3. The zero-order chi connectivity index (χ0) is 11.4. The molecule has 0 spiro atoms. The maximum absolute atomic E-state index is 11.6. The van der Waals surface area contributed by atoms with Gasteiger partial charge in [0.25, 0.3) is 0 Å². The Hall–Kier alpha value is -0.130. The third-order valence-electron chi connectivity index (χ3n) is 2.63. The molecule has 14 heavy (non-hydrogen) atoms. The minimum atomic E-state index is -3.16. The third-order valence-corrected chi connectivity index (χ3v) is 4.05. The van der Waals surface area contributed by atoms with Crippen LogP contribution in [0.15, 0.2) is 0 Å². The van der Waals surface area contributed by atoms with E-state index in [9.17, 15) is 8.42 Å². The van der Waals surface area contributed by atoms with Crippen LogP contribution in [0.25, 0.3) is 0 Å². The molecule has 0 aromatic rings. The van der Waals surface area contributed by atoms with Crippen molar-refractivity contribution in [2.75, 3.05) is 19.3 Å². The lowest BCUT2D eigenvalue weighted by Gasteiger charge is -2.37. The van der Waals surface area contributed by atoms with Gasteiger partial charge in [0.1, 0.15) is 0 Å². The lowest BCUT2D eigenvalue weighted by molar-refractivity contribution is 0.207. The molecule has 0 aliphatic heterocycles. The summed E-state index contributed by atoms with van der Waals surface area (Å²) in [5.74, 6) is 0. The van der Waals surface area contributed by atoms with E-state index in [0.717, 1.165) is 12.8 Å². The number of rotatable bonds is 6. The zero-order valence-electron chi connectivity index (χ0n) is 9.58. The summed E-state index contributed by atoms with van der Waals surface area (Å²) in [7, 11) is -3.16. The Balaban J connectivity index is 4.99. The first-order valence-corrected chi connectivity index (χ1v) is 6.84. The van der Waals surface area contributed by atoms with Crippen LogP contribution >= 0.6 is 0 Å². The van der Waals surface area contributed by atoms with Crippen LogP contribution in [0.2, 0.25) is 0 Å². The van der Waals surface area contributed by atoms with Crippen LogP contribution in [0.1, 0.15) is 33.6 Å². The van der Waals surface area contributed by atoms with E-state index < -0.39 is 15.6 Å². The van der Waals surface area contributed by atoms with Crippen LogP contribution in [-0.4, -0.2) is 37.6 Å². The van der Waals surface area contributed by atoms with Crippen molar-refractivity contribution in [1.29, 1.82) is 0 Å². The second-order valence-electron chi connectivity index (χ2n) is 3.89. The van der Waals surface area contributed by atoms with Crippen molar-refractivity contribution in [2.24, 2.45) is 5.73 Å². The molecular weight excluding hydrogens is 200 g/mol. The summed E-state index contributed by atoms with van der Waals surface area (Å²) in [5.41, 5.74) is 5.20. The molecule has 0 aromatic carbocycles. The maximum atomic E-state index is 11.6. The second kappa shape index (κ2) is 5.09. The summed E-state index contributed by atoms with van der Waals surface area (Å²) in [6.45, 7) is 6.71. The highest BCUT2D eigenvalue weighted by Gasteiger charge is 2.34. The van der Waals surface area contributed by atoms with Crippen LogP contribution in [0.3, 0.4) is 0 Å². The van der Waals surface area contributed by atoms with Crippen LogP contribution in [0.5, 0.6) is 0 Å². The van der Waals surface area contributed by atoms with Crippen molar-refractivity contribution < 1.29 is 8.42 Å². The van der Waals surface area contributed by atoms with Crippen molar-refractivity contribution in [3.63, 3.8) is 0 Å². The van der Waals surface area contributed by atoms with E-state index in [4.69, 9.17) is 5.73 Å². The van der Waals surface area contributed by atoms with Crippen molar-refractivity contribution in [1.82, 2.24) is 4.31 Å². The summed E-state index contributed by atoms with van der Waals surface area (Å²) >= 11 is 0. The van der Waals surface area contributed by atoms with E-state index in [1.54, 1.807) is 0 Å². The molecule has 4 nitrogen and oxygen atoms in total. The molecule has 5 heteroatoms. The normalized spacial score (nSPS) is 17.0. The molecule has 0 fully saturated rings. The molecule has 0 amide bonds. The van der Waals surface area contributed by atoms with Gasteiger partial charge >= 0.3 is 0 Å². The van der Waals surface area contributed by atoms with E-state index >= 15 is 0 Å². The predicted molar refractivity (Wildman–Crippen MR) is 59.6 cm³/mol. The number of hydrogen-bond acceptors (Lipinski definition) is 3. The van der Waals surface area contributed by atoms with Gasteiger partial charge in [-0.05, 0) is 19.8 Å². The minimum Gasteiger partial charge on any atom is -0.329 e. The molecule has 1 atom stereocenters. The Labute approximate surface area is 87.5 Å². The fourth-order valence-corrected chi connectivity index (χ4v) is 2.98. The highest BCUT2D eigenvalue weighted by Crippen LogP contribution is 2.21. The average molecular weight is 222 g/mol. The lowest BCUT2D eigenvalue weighted by atomic mass is 9.99. The van der Waals surface area contributed by atoms with E-state index in [1.165, 1.54) is 10.6 Å². The quantitative estimate of drug-likeness (QED) is 0.722. The Morgan fingerprint density at radius 3 is 2.07 bits per heavy atom. The van der Waals surface area contributed by atoms with E-state index in [1.807, 2.05) is 20.8 Å². The predicted octanol–water partition coefficient (Wildman–Crippen LogP) is 0.785. The SMILES string of the molecule is CCCN(C(C)(CC)CN)S(C)(=O)=O. The highest BCUT2D eigenvalue weighted by molar-refractivity contribution is 7.88. The number of nitrogens with zero attached hydrogens (tertiary/aromatic N) is 1. The van der Waals surface area contributed by atoms with E-state index in [0.29, 0.717) is 13.1 Å². The number of nitrogens with two attached hydrogens (primary N) is 1. The van der Waals surface area contributed by atoms with Crippen molar-refractivity contribution in [3.05, 3.63) is 0 Å². The molecule has 2 N–H and O–H groups in total. The van der Waals surface area contributed by atoms with Gasteiger partial charge in [0.15, 0.2) is 0 Å². The molecule has 0 saturated carbocycles. The average Bonchev–Trinajstić information content (AvgIpc) is 2.11. The molecule has 0 aliphatic rings. The molecule has 86 valence electrons. The monoisotopic (exact) mass is 222 g/mol. The van der Waals surface area contributed by atoms with Gasteiger partial charge in [-0.2, -0.15) is 4.31 Å². The molecular formula is C9H22N2O2S. The Bertz CT molecular complexity index is 258. The largest absolute Gasteiger partial charge is 0.329 e. The van der Waals surface area contributed by atoms with Gasteiger partial charge in [0.2, 0.25) is 10.0 Å². The van der Waals surface area contributed by atoms with Gasteiger partial charge in [-0.3, -0.25) is 0 Å².